The van der Waals surface area contributed by atoms with Crippen LogP contribution in [0, 0.1) is 13.8 Å². The Labute approximate surface area is 631 Å². The van der Waals surface area contributed by atoms with E-state index in [0.717, 1.165) is 64.2 Å². The summed E-state index contributed by atoms with van der Waals surface area (Å²) in [4.78, 5) is 77.9. The van der Waals surface area contributed by atoms with Gasteiger partial charge in [0.25, 0.3) is 11.1 Å². The van der Waals surface area contributed by atoms with Gasteiger partial charge in [-0.1, -0.05) is 223 Å². The summed E-state index contributed by atoms with van der Waals surface area (Å²) in [6.07, 6.45) is 17.7. The number of nitrogens with one attached hydrogen (secondary N) is 2. The molecule has 34 heteroatoms. The van der Waals surface area contributed by atoms with E-state index < -0.39 is 11.9 Å². The second-order valence-electron chi connectivity index (χ2n) is 29.2. The lowest BCUT2D eigenvalue weighted by atomic mass is 10.1. The summed E-state index contributed by atoms with van der Waals surface area (Å²) < 4.78 is 56.7. The molecule has 0 saturated carbocycles. The zero-order valence-corrected chi connectivity index (χ0v) is 69.0. The van der Waals surface area contributed by atoms with Crippen molar-refractivity contribution in [1.29, 1.82) is 0 Å². The van der Waals surface area contributed by atoms with E-state index in [1.807, 2.05) is 30.7 Å². The van der Waals surface area contributed by atoms with Gasteiger partial charge in [-0.3, -0.25) is 32.8 Å². The number of imidazole rings is 2. The Morgan fingerprint density at radius 3 is 1.26 bits per heavy atom. The van der Waals surface area contributed by atoms with E-state index in [1.165, 1.54) is 15.5 Å². The van der Waals surface area contributed by atoms with E-state index in [9.17, 15) is 19.2 Å². The Bertz CT molecular complexity index is 3800. The largest absolute Gasteiger partial charge is 0.383 e. The van der Waals surface area contributed by atoms with Crippen molar-refractivity contribution in [3.05, 3.63) is 90.5 Å². The second-order valence-corrected chi connectivity index (χ2v) is 41.5. The van der Waals surface area contributed by atoms with Crippen LogP contribution >= 0.6 is 86.4 Å². The average Bonchev–Trinajstić information content (AvgIpc) is 1.64. The molecule has 0 bridgehead atoms. The molecule has 0 aromatic carbocycles. The van der Waals surface area contributed by atoms with Crippen LogP contribution in [0.4, 0.5) is 11.6 Å². The minimum Gasteiger partial charge on any atom is -0.383 e. The lowest BCUT2D eigenvalue weighted by molar-refractivity contribution is -0.0350. The molecule has 4 aliphatic rings. The fourth-order valence-electron chi connectivity index (χ4n) is 11.4. The molecule has 572 valence electrons. The van der Waals surface area contributed by atoms with Gasteiger partial charge in [0, 0.05) is 62.6 Å². The van der Waals surface area contributed by atoms with Crippen LogP contribution in [0.5, 0.6) is 0 Å². The normalized spacial score (nSPS) is 23.9. The first-order chi connectivity index (χ1) is 48.2. The minimum absolute atomic E-state index is 0.00434. The number of aryl methyl sites for hydroxylation is 2. The lowest BCUT2D eigenvalue weighted by Gasteiger charge is -2.20. The Balaban J connectivity index is 0.000000191. The third-order valence-corrected chi connectivity index (χ3v) is 27.7. The summed E-state index contributed by atoms with van der Waals surface area (Å²) >= 11 is 0. The number of anilines is 2. The number of nitrogens with two attached hydrogens (primary N) is 2. The summed E-state index contributed by atoms with van der Waals surface area (Å²) in [5, 5.41) is 0. The molecule has 4 saturated heterocycles. The van der Waals surface area contributed by atoms with E-state index in [2.05, 4.69) is 151 Å². The molecule has 4 fully saturated rings. The van der Waals surface area contributed by atoms with Crippen LogP contribution in [-0.2, 0) is 37.9 Å². The van der Waals surface area contributed by atoms with Gasteiger partial charge >= 0.3 is 11.4 Å². The van der Waals surface area contributed by atoms with E-state index in [1.54, 1.807) is 110 Å². The molecule has 6 N–H and O–H groups in total. The molecule has 12 atom stereocenters. The van der Waals surface area contributed by atoms with Crippen molar-refractivity contribution >= 4 is 120 Å². The van der Waals surface area contributed by atoms with Gasteiger partial charge in [-0.25, -0.2) is 34.5 Å². The molecule has 0 radical (unpaired) electrons. The predicted molar refractivity (Wildman–Crippen MR) is 424 cm³/mol. The number of hydrogen-bond donors (Lipinski definition) is 4. The number of fused-ring (bicyclic) bond motifs is 2. The van der Waals surface area contributed by atoms with Crippen LogP contribution < -0.4 is 34.0 Å². The fourth-order valence-corrected chi connectivity index (χ4v) is 19.4. The number of rotatable bonds is 28. The van der Waals surface area contributed by atoms with Crippen molar-refractivity contribution in [2.75, 3.05) is 35.2 Å². The number of ether oxygens (including phenoxy) is 8. The molecule has 102 heavy (non-hydrogen) atoms. The first-order valence-electron chi connectivity index (χ1n) is 35.0. The van der Waals surface area contributed by atoms with E-state index in [0.29, 0.717) is 76.1 Å². The van der Waals surface area contributed by atoms with Crippen LogP contribution in [0.25, 0.3) is 22.3 Å². The number of aromatic nitrogens is 12. The maximum Gasteiger partial charge on any atom is 0.351 e. The van der Waals surface area contributed by atoms with Crippen LogP contribution in [0.3, 0.4) is 0 Å². The van der Waals surface area contributed by atoms with Gasteiger partial charge in [0.15, 0.2) is 22.6 Å². The van der Waals surface area contributed by atoms with Gasteiger partial charge in [0.2, 0.25) is 0 Å². The van der Waals surface area contributed by atoms with E-state index in [-0.39, 0.29) is 109 Å². The number of nitrogens with zero attached hydrogens (tertiary/aromatic N) is 10. The number of nitrogen functional groups attached to an aromatic ring is 2. The second kappa shape index (κ2) is 40.1. The number of H-pyrrole nitrogens is 2. The molecule has 10 heterocycles. The summed E-state index contributed by atoms with van der Waals surface area (Å²) in [6, 6.07) is 1.61. The first-order valence-corrected chi connectivity index (χ1v) is 44.3. The smallest absolute Gasteiger partial charge is 0.351 e. The standard InChI is InChI=1S/C18H28N4O3S2.C17H27N5O2S2.C17H28N2O4S2.C16H27N3O3S2/c1-6-7-12-13(24-10-26-27-18(3,4)5)8-14(25-12)22-9-19-15-16(22)20-11(2)21-17(15)23;1-5-6-11-12(23-10-25-26-17(2,3)4)7-13(24-11)22-9-21-14-15(18)19-8-20-16(14)22;1-6-7-12-13(22-10-24-25-17(3,4)5)8-14(23-12)19-9-11(2)15(20)18-16(19)21;1-5-6-11-12(21-10-23-24-16(2,3)4)9-14(22-11)19-8-7-13(17)18-15(19)20/h9,12-14H,6-8,10H2,1-5H3,(H,20,21,23);8-9,11-13H,5-7,10H2,1-4H3,(H2,18,19,20);9,12-14H,6-8,10H2,1-5H3,(H,18,20,21);7-8,11-12,14H,5-6,9-10H2,1-4H3,(H2,17,18,20)/t12-,13?,14-;11-,12?,13-;12-,13?,14-;11-,12?,14-/m1111/s1. The Morgan fingerprint density at radius 1 is 0.490 bits per heavy atom. The van der Waals surface area contributed by atoms with Crippen molar-refractivity contribution in [3.63, 3.8) is 0 Å². The average molecular weight is 1570 g/mol. The molecule has 10 rings (SSSR count). The van der Waals surface area contributed by atoms with Gasteiger partial charge in [0.05, 0.1) is 61.5 Å². The molecule has 6 aromatic rings. The Kier molecular flexibility index (Phi) is 33.7. The molecule has 0 amide bonds. The summed E-state index contributed by atoms with van der Waals surface area (Å²) in [7, 11) is 14.1. The maximum absolute atomic E-state index is 12.1. The van der Waals surface area contributed by atoms with E-state index >= 15 is 0 Å². The predicted octanol–water partition coefficient (Wildman–Crippen LogP) is 14.9. The van der Waals surface area contributed by atoms with Crippen LogP contribution in [-0.4, -0.2) is 150 Å². The topological polar surface area (TPSA) is 323 Å². The fraction of sp³-hybridized carbons (Fsp3) is 0.735. The monoisotopic (exact) mass is 1570 g/mol. The van der Waals surface area contributed by atoms with Crippen molar-refractivity contribution in [2.24, 2.45) is 0 Å². The highest BCUT2D eigenvalue weighted by Gasteiger charge is 2.41. The van der Waals surface area contributed by atoms with Gasteiger partial charge in [0.1, 0.15) is 72.2 Å². The SMILES string of the molecule is CCC[C@H]1O[C@@H](n2cc(C)c(=O)[nH]c2=O)CC1OCSSC(C)(C)C.CCC[C@H]1O[C@@H](n2ccc(N)nc2=O)CC1OCSSC(C)(C)C.CCC[C@H]1O[C@@H](n2cnc3c(=O)[nH]c(C)nc32)CC1OCSSC(C)(C)C.CCC[C@H]1O[C@@H](n2cnc3c(N)ncnc32)CC1OCSSC(C)(C)C. The molecule has 4 aliphatic heterocycles. The molecular weight excluding hydrogens is 1460 g/mol. The molecule has 0 aliphatic carbocycles. The van der Waals surface area contributed by atoms with Crippen LogP contribution in [0.2, 0.25) is 0 Å². The molecule has 26 nitrogen and oxygen atoms in total. The maximum atomic E-state index is 12.1. The van der Waals surface area contributed by atoms with Gasteiger partial charge in [-0.05, 0) is 45.6 Å². The van der Waals surface area contributed by atoms with Crippen molar-refractivity contribution in [3.8, 4) is 0 Å². The third kappa shape index (κ3) is 26.7. The zero-order chi connectivity index (χ0) is 74.7. The zero-order valence-electron chi connectivity index (χ0n) is 62.5. The Morgan fingerprint density at radius 2 is 0.873 bits per heavy atom. The minimum atomic E-state index is -0.436. The quantitative estimate of drug-likeness (QED) is 0.0201. The summed E-state index contributed by atoms with van der Waals surface area (Å²) in [5.74, 6) is 3.66. The van der Waals surface area contributed by atoms with Crippen molar-refractivity contribution in [1.82, 2.24) is 58.1 Å². The van der Waals surface area contributed by atoms with Crippen molar-refractivity contribution < 1.29 is 37.9 Å². The highest BCUT2D eigenvalue weighted by atomic mass is 33.1. The molecule has 0 spiro atoms. The van der Waals surface area contributed by atoms with Crippen LogP contribution in [0.1, 0.15) is 224 Å². The highest BCUT2D eigenvalue weighted by Crippen LogP contribution is 2.43. The van der Waals surface area contributed by atoms with Gasteiger partial charge in [-0.15, -0.1) is 0 Å². The summed E-state index contributed by atoms with van der Waals surface area (Å²) in [5.41, 5.74) is 12.8. The number of aromatic amines is 2. The highest BCUT2D eigenvalue weighted by molar-refractivity contribution is 8.78. The molecule has 6 aromatic heterocycles. The lowest BCUT2D eigenvalue weighted by Crippen LogP contribution is -2.33. The summed E-state index contributed by atoms with van der Waals surface area (Å²) in [6.45, 7) is 38.2. The number of hydrogen-bond acceptors (Lipinski definition) is 28. The third-order valence-electron chi connectivity index (χ3n) is 15.7. The molecule has 4 unspecified atom stereocenters. The van der Waals surface area contributed by atoms with Gasteiger partial charge < -0.3 is 54.3 Å². The molecular formula is C68H110N14O12S8. The van der Waals surface area contributed by atoms with E-state index in [4.69, 9.17) is 49.4 Å². The Hall–Kier alpha value is -3.46. The first kappa shape index (κ1) is 85.8. The van der Waals surface area contributed by atoms with Crippen molar-refractivity contribution in [2.45, 2.75) is 294 Å². The van der Waals surface area contributed by atoms with Gasteiger partial charge in [-0.2, -0.15) is 4.98 Å². The van der Waals surface area contributed by atoms with Crippen LogP contribution in [0.15, 0.2) is 56.6 Å².